The number of rotatable bonds is 2. The summed E-state index contributed by atoms with van der Waals surface area (Å²) in [7, 11) is 0. The quantitative estimate of drug-likeness (QED) is 0.788. The van der Waals surface area contributed by atoms with Gasteiger partial charge in [-0.25, -0.2) is 0 Å². The van der Waals surface area contributed by atoms with E-state index in [1.165, 1.54) is 0 Å². The normalized spacial score (nSPS) is 28.2. The predicted molar refractivity (Wildman–Crippen MR) is 84.2 cm³/mol. The maximum atomic E-state index is 11.2. The van der Waals surface area contributed by atoms with Crippen LogP contribution < -0.4 is 5.32 Å². The highest BCUT2D eigenvalue weighted by Crippen LogP contribution is 2.42. The van der Waals surface area contributed by atoms with Crippen LogP contribution >= 0.6 is 0 Å². The maximum absolute atomic E-state index is 11.2. The largest absolute Gasteiger partial charge is 0.356 e. The maximum Gasteiger partial charge on any atom is 0.216 e. The summed E-state index contributed by atoms with van der Waals surface area (Å²) in [6, 6.07) is 0.522. The Morgan fingerprint density at radius 1 is 1.30 bits per heavy atom. The summed E-state index contributed by atoms with van der Waals surface area (Å²) in [6.07, 6.45) is 6.86. The van der Waals surface area contributed by atoms with E-state index in [1.54, 1.807) is 6.92 Å². The average Bonchev–Trinajstić information content (AvgIpc) is 2.63. The van der Waals surface area contributed by atoms with Gasteiger partial charge in [0.2, 0.25) is 5.91 Å². The molecule has 1 N–H and O–H groups in total. The fourth-order valence-corrected chi connectivity index (χ4v) is 3.29. The molecule has 0 bridgehead atoms. The van der Waals surface area contributed by atoms with Crippen LogP contribution in [-0.4, -0.2) is 35.0 Å². The zero-order valence-corrected chi connectivity index (χ0v) is 14.1. The number of nitrogens with one attached hydrogen (secondary N) is 1. The van der Waals surface area contributed by atoms with Crippen LogP contribution in [0.25, 0.3) is 0 Å². The lowest BCUT2D eigenvalue weighted by atomic mass is 9.82. The van der Waals surface area contributed by atoms with Crippen LogP contribution in [0, 0.1) is 23.7 Å². The highest BCUT2D eigenvalue weighted by molar-refractivity contribution is 5.72. The Hall–Kier alpha value is -1.01. The predicted octanol–water partition coefficient (Wildman–Crippen LogP) is 2.66. The van der Waals surface area contributed by atoms with E-state index in [-0.39, 0.29) is 22.9 Å². The van der Waals surface area contributed by atoms with Gasteiger partial charge in [-0.3, -0.25) is 9.69 Å². The number of hydrogen-bond acceptors (Lipinski definition) is 2. The number of terminal acetylenes is 1. The Labute approximate surface area is 124 Å². The lowest BCUT2D eigenvalue weighted by Crippen LogP contribution is -2.53. The molecule has 1 heterocycles. The van der Waals surface area contributed by atoms with Gasteiger partial charge in [-0.15, -0.1) is 6.42 Å². The number of nitrogens with zero attached hydrogens (tertiary/aromatic N) is 1. The topological polar surface area (TPSA) is 32.3 Å². The van der Waals surface area contributed by atoms with Crippen molar-refractivity contribution in [2.75, 3.05) is 6.54 Å². The van der Waals surface area contributed by atoms with E-state index in [0.717, 1.165) is 6.42 Å². The molecule has 3 atom stereocenters. The van der Waals surface area contributed by atoms with Crippen molar-refractivity contribution in [3.05, 3.63) is 0 Å². The smallest absolute Gasteiger partial charge is 0.216 e. The minimum absolute atomic E-state index is 0.0160. The lowest BCUT2D eigenvalue weighted by molar-refractivity contribution is -0.119. The van der Waals surface area contributed by atoms with Crippen molar-refractivity contribution in [2.24, 2.45) is 11.3 Å². The molecule has 3 heteroatoms. The Kier molecular flexibility index (Phi) is 4.92. The SMILES string of the molecule is C#C[C@@H]1[C@@H](CNC(C)=O)C[C@@H](C(C)(C)C)N1C(C)(C)C. The van der Waals surface area contributed by atoms with Crippen molar-refractivity contribution in [1.29, 1.82) is 0 Å². The van der Waals surface area contributed by atoms with E-state index in [1.807, 2.05) is 0 Å². The first-order chi connectivity index (χ1) is 8.98. The van der Waals surface area contributed by atoms with Gasteiger partial charge in [-0.1, -0.05) is 26.7 Å². The van der Waals surface area contributed by atoms with Gasteiger partial charge in [-0.05, 0) is 32.6 Å². The van der Waals surface area contributed by atoms with E-state index < -0.39 is 0 Å². The second-order valence-corrected chi connectivity index (χ2v) is 8.00. The first kappa shape index (κ1) is 17.0. The van der Waals surface area contributed by atoms with Crippen molar-refractivity contribution >= 4 is 5.91 Å². The molecule has 0 aromatic rings. The van der Waals surface area contributed by atoms with Gasteiger partial charge in [0.15, 0.2) is 0 Å². The molecule has 20 heavy (non-hydrogen) atoms. The van der Waals surface area contributed by atoms with Gasteiger partial charge in [0.05, 0.1) is 6.04 Å². The van der Waals surface area contributed by atoms with Gasteiger partial charge >= 0.3 is 0 Å². The summed E-state index contributed by atoms with van der Waals surface area (Å²) in [5, 5.41) is 2.93. The number of carbonyl (C=O) groups is 1. The third-order valence-electron chi connectivity index (χ3n) is 4.17. The molecule has 0 aromatic heterocycles. The minimum Gasteiger partial charge on any atom is -0.356 e. The summed E-state index contributed by atoms with van der Waals surface area (Å²) in [6.45, 7) is 15.7. The molecule has 0 unspecified atom stereocenters. The summed E-state index contributed by atoms with van der Waals surface area (Å²) in [5.41, 5.74) is 0.202. The van der Waals surface area contributed by atoms with Gasteiger partial charge in [0.1, 0.15) is 0 Å². The Morgan fingerprint density at radius 3 is 2.20 bits per heavy atom. The zero-order valence-electron chi connectivity index (χ0n) is 14.1. The molecule has 0 aliphatic carbocycles. The number of amides is 1. The monoisotopic (exact) mass is 278 g/mol. The van der Waals surface area contributed by atoms with Crippen LogP contribution in [0.15, 0.2) is 0 Å². The van der Waals surface area contributed by atoms with Crippen LogP contribution in [0.3, 0.4) is 0 Å². The van der Waals surface area contributed by atoms with Crippen molar-refractivity contribution in [3.63, 3.8) is 0 Å². The highest BCUT2D eigenvalue weighted by atomic mass is 16.1. The van der Waals surface area contributed by atoms with E-state index in [9.17, 15) is 4.79 Å². The summed E-state index contributed by atoms with van der Waals surface area (Å²) in [5.74, 6) is 3.31. The summed E-state index contributed by atoms with van der Waals surface area (Å²) >= 11 is 0. The summed E-state index contributed by atoms with van der Waals surface area (Å²) < 4.78 is 0. The molecular formula is C17H30N2O. The van der Waals surface area contributed by atoms with Crippen LogP contribution in [-0.2, 0) is 4.79 Å². The van der Waals surface area contributed by atoms with E-state index >= 15 is 0 Å². The van der Waals surface area contributed by atoms with E-state index in [4.69, 9.17) is 6.42 Å². The fourth-order valence-electron chi connectivity index (χ4n) is 3.29. The van der Waals surface area contributed by atoms with Gasteiger partial charge in [0.25, 0.3) is 0 Å². The van der Waals surface area contributed by atoms with Gasteiger partial charge < -0.3 is 5.32 Å². The molecule has 0 saturated carbocycles. The van der Waals surface area contributed by atoms with Crippen LogP contribution in [0.4, 0.5) is 0 Å². The minimum atomic E-state index is 0.0160. The molecule has 1 aliphatic rings. The molecule has 0 spiro atoms. The molecule has 3 nitrogen and oxygen atoms in total. The second-order valence-electron chi connectivity index (χ2n) is 8.00. The van der Waals surface area contributed by atoms with Crippen molar-refractivity contribution in [2.45, 2.75) is 72.5 Å². The third-order valence-corrected chi connectivity index (χ3v) is 4.17. The van der Waals surface area contributed by atoms with E-state index in [2.05, 4.69) is 57.7 Å². The fraction of sp³-hybridized carbons (Fsp3) is 0.824. The highest BCUT2D eigenvalue weighted by Gasteiger charge is 2.48. The molecule has 1 aliphatic heterocycles. The molecule has 1 saturated heterocycles. The Balaban J connectivity index is 3.04. The molecule has 0 aromatic carbocycles. The standard InChI is InChI=1S/C17H30N2O/c1-9-14-13(11-18-12(2)20)10-15(16(3,4)5)19(14)17(6,7)8/h1,13-15H,10-11H2,2-8H3,(H,18,20)/t13-,14-,15+/m1/s1. The zero-order chi connectivity index (χ0) is 15.7. The number of hydrogen-bond donors (Lipinski definition) is 1. The molecule has 1 fully saturated rings. The molecule has 0 radical (unpaired) electrons. The van der Waals surface area contributed by atoms with Crippen LogP contribution in [0.5, 0.6) is 0 Å². The first-order valence-electron chi connectivity index (χ1n) is 7.47. The molecule has 1 rings (SSSR count). The Bertz CT molecular complexity index is 395. The number of carbonyl (C=O) groups excluding carboxylic acids is 1. The van der Waals surface area contributed by atoms with E-state index in [0.29, 0.717) is 18.5 Å². The van der Waals surface area contributed by atoms with Gasteiger partial charge in [0, 0.05) is 31.0 Å². The summed E-state index contributed by atoms with van der Waals surface area (Å²) in [4.78, 5) is 13.6. The molecule has 114 valence electrons. The van der Waals surface area contributed by atoms with Crippen LogP contribution in [0.2, 0.25) is 0 Å². The lowest BCUT2D eigenvalue weighted by Gasteiger charge is -2.45. The van der Waals surface area contributed by atoms with Gasteiger partial charge in [-0.2, -0.15) is 0 Å². The van der Waals surface area contributed by atoms with Crippen LogP contribution in [0.1, 0.15) is 54.9 Å². The number of likely N-dealkylation sites (tertiary alicyclic amines) is 1. The Morgan fingerprint density at radius 2 is 1.85 bits per heavy atom. The van der Waals surface area contributed by atoms with Crippen molar-refractivity contribution in [3.8, 4) is 12.3 Å². The third kappa shape index (κ3) is 3.76. The second kappa shape index (κ2) is 5.77. The van der Waals surface area contributed by atoms with Crippen molar-refractivity contribution < 1.29 is 4.79 Å². The van der Waals surface area contributed by atoms with Crippen molar-refractivity contribution in [1.82, 2.24) is 10.2 Å². The average molecular weight is 278 g/mol. The molecular weight excluding hydrogens is 248 g/mol. The first-order valence-corrected chi connectivity index (χ1v) is 7.47. The molecule has 1 amide bonds.